The highest BCUT2D eigenvalue weighted by Gasteiger charge is 2.23. The van der Waals surface area contributed by atoms with Crippen LogP contribution in [0.5, 0.6) is 0 Å². The van der Waals surface area contributed by atoms with Crippen LogP contribution in [0.4, 0.5) is 10.6 Å². The summed E-state index contributed by atoms with van der Waals surface area (Å²) in [6.45, 7) is 9.20. The van der Waals surface area contributed by atoms with Crippen molar-refractivity contribution < 1.29 is 9.59 Å². The number of aromatic nitrogens is 2. The highest BCUT2D eigenvalue weighted by molar-refractivity contribution is 5.94. The second-order valence-corrected chi connectivity index (χ2v) is 9.38. The van der Waals surface area contributed by atoms with Gasteiger partial charge in [0.1, 0.15) is 12.4 Å². The van der Waals surface area contributed by atoms with Gasteiger partial charge in [0, 0.05) is 24.6 Å². The Labute approximate surface area is 202 Å². The molecular weight excluding hydrogens is 426 g/mol. The zero-order valence-electron chi connectivity index (χ0n) is 20.5. The monoisotopic (exact) mass is 461 g/mol. The molecule has 0 fully saturated rings. The van der Waals surface area contributed by atoms with Crippen molar-refractivity contribution in [2.75, 3.05) is 18.4 Å². The summed E-state index contributed by atoms with van der Waals surface area (Å²) in [5, 5.41) is 10.6. The number of rotatable bonds is 9. The summed E-state index contributed by atoms with van der Waals surface area (Å²) in [5.41, 5.74) is 2.56. The quantitative estimate of drug-likeness (QED) is 0.464. The van der Waals surface area contributed by atoms with Crippen LogP contribution >= 0.6 is 0 Å². The standard InChI is InChI=1S/C27H35N5O2/c1-5-6-17-31(26(34)28-19-21-13-9-7-10-14-21)20-25(33)29-24-18-23(27(2,3)4)30-32(24)22-15-11-8-12-16-22/h7-16,18H,5-6,17,19-20H2,1-4H3,(H,28,34)(H,29,33). The minimum absolute atomic E-state index is 0.0363. The van der Waals surface area contributed by atoms with Crippen LogP contribution in [0.15, 0.2) is 66.7 Å². The van der Waals surface area contributed by atoms with E-state index in [1.165, 1.54) is 0 Å². The third kappa shape index (κ3) is 6.94. The SMILES string of the molecule is CCCCN(CC(=O)Nc1cc(C(C)(C)C)nn1-c1ccccc1)C(=O)NCc1ccccc1. The Morgan fingerprint density at radius 2 is 1.65 bits per heavy atom. The number of unbranched alkanes of at least 4 members (excludes halogenated alkanes) is 1. The van der Waals surface area contributed by atoms with Crippen molar-refractivity contribution in [1.82, 2.24) is 20.0 Å². The van der Waals surface area contributed by atoms with E-state index < -0.39 is 0 Å². The molecule has 0 unspecified atom stereocenters. The van der Waals surface area contributed by atoms with Crippen LogP contribution in [0.1, 0.15) is 51.8 Å². The maximum absolute atomic E-state index is 13.0. The lowest BCUT2D eigenvalue weighted by atomic mass is 9.92. The molecule has 180 valence electrons. The van der Waals surface area contributed by atoms with Gasteiger partial charge in [-0.05, 0) is 24.1 Å². The van der Waals surface area contributed by atoms with Gasteiger partial charge in [0.2, 0.25) is 5.91 Å². The number of nitrogens with one attached hydrogen (secondary N) is 2. The van der Waals surface area contributed by atoms with Crippen LogP contribution in [-0.4, -0.2) is 39.7 Å². The first kappa shape index (κ1) is 25.0. The van der Waals surface area contributed by atoms with Gasteiger partial charge >= 0.3 is 6.03 Å². The number of urea groups is 1. The molecule has 3 rings (SSSR count). The van der Waals surface area contributed by atoms with Crippen LogP contribution in [0.25, 0.3) is 5.69 Å². The Bertz CT molecular complexity index is 1070. The Balaban J connectivity index is 1.73. The average molecular weight is 462 g/mol. The zero-order chi connectivity index (χ0) is 24.6. The van der Waals surface area contributed by atoms with E-state index in [9.17, 15) is 9.59 Å². The maximum Gasteiger partial charge on any atom is 0.318 e. The van der Waals surface area contributed by atoms with E-state index in [0.29, 0.717) is 18.9 Å². The number of benzene rings is 2. The molecule has 0 aliphatic heterocycles. The Morgan fingerprint density at radius 1 is 1.00 bits per heavy atom. The van der Waals surface area contributed by atoms with E-state index >= 15 is 0 Å². The molecule has 2 aromatic carbocycles. The van der Waals surface area contributed by atoms with Crippen molar-refractivity contribution in [1.29, 1.82) is 0 Å². The van der Waals surface area contributed by atoms with Crippen LogP contribution in [0, 0.1) is 0 Å². The number of hydrogen-bond acceptors (Lipinski definition) is 3. The van der Waals surface area contributed by atoms with E-state index in [1.807, 2.05) is 66.7 Å². The first-order valence-corrected chi connectivity index (χ1v) is 11.8. The molecule has 7 nitrogen and oxygen atoms in total. The van der Waals surface area contributed by atoms with Crippen molar-refractivity contribution in [2.45, 2.75) is 52.5 Å². The zero-order valence-corrected chi connectivity index (χ0v) is 20.5. The van der Waals surface area contributed by atoms with Gasteiger partial charge < -0.3 is 15.5 Å². The topological polar surface area (TPSA) is 79.3 Å². The molecule has 1 heterocycles. The first-order valence-electron chi connectivity index (χ1n) is 11.8. The van der Waals surface area contributed by atoms with Crippen LogP contribution in [0.2, 0.25) is 0 Å². The highest BCUT2D eigenvalue weighted by atomic mass is 16.2. The van der Waals surface area contributed by atoms with Crippen LogP contribution < -0.4 is 10.6 Å². The number of anilines is 1. The third-order valence-corrected chi connectivity index (χ3v) is 5.44. The van der Waals surface area contributed by atoms with Crippen LogP contribution in [-0.2, 0) is 16.8 Å². The fraction of sp³-hybridized carbons (Fsp3) is 0.370. The highest BCUT2D eigenvalue weighted by Crippen LogP contribution is 2.26. The van der Waals surface area contributed by atoms with Gasteiger partial charge in [-0.2, -0.15) is 5.10 Å². The smallest absolute Gasteiger partial charge is 0.318 e. The Morgan fingerprint density at radius 3 is 2.26 bits per heavy atom. The molecule has 0 spiro atoms. The molecule has 3 aromatic rings. The fourth-order valence-corrected chi connectivity index (χ4v) is 3.45. The van der Waals surface area contributed by atoms with Crippen LogP contribution in [0.3, 0.4) is 0 Å². The van der Waals surface area contributed by atoms with Crippen molar-refractivity contribution in [2.24, 2.45) is 0 Å². The predicted octanol–water partition coefficient (Wildman–Crippen LogP) is 5.12. The van der Waals surface area contributed by atoms with Crippen molar-refractivity contribution in [3.05, 3.63) is 78.0 Å². The van der Waals surface area contributed by atoms with E-state index in [0.717, 1.165) is 29.8 Å². The summed E-state index contributed by atoms with van der Waals surface area (Å²) in [4.78, 5) is 27.5. The second kappa shape index (κ2) is 11.5. The van der Waals surface area contributed by atoms with Gasteiger partial charge in [0.15, 0.2) is 0 Å². The summed E-state index contributed by atoms with van der Waals surface area (Å²) in [6, 6.07) is 21.1. The molecule has 34 heavy (non-hydrogen) atoms. The van der Waals surface area contributed by atoms with E-state index in [4.69, 9.17) is 5.10 Å². The lowest BCUT2D eigenvalue weighted by molar-refractivity contribution is -0.116. The summed E-state index contributed by atoms with van der Waals surface area (Å²) in [7, 11) is 0. The molecule has 0 aliphatic rings. The van der Waals surface area contributed by atoms with Gasteiger partial charge in [-0.25, -0.2) is 9.48 Å². The van der Waals surface area contributed by atoms with Gasteiger partial charge in [-0.3, -0.25) is 4.79 Å². The molecule has 2 N–H and O–H groups in total. The second-order valence-electron chi connectivity index (χ2n) is 9.38. The molecule has 0 aliphatic carbocycles. The van der Waals surface area contributed by atoms with E-state index in [-0.39, 0.29) is 23.9 Å². The lowest BCUT2D eigenvalue weighted by Crippen LogP contribution is -2.44. The number of hydrogen-bond donors (Lipinski definition) is 2. The van der Waals surface area contributed by atoms with Gasteiger partial charge in [-0.1, -0.05) is 82.6 Å². The number of carbonyl (C=O) groups is 2. The first-order chi connectivity index (χ1) is 16.3. The Kier molecular flexibility index (Phi) is 8.46. The summed E-state index contributed by atoms with van der Waals surface area (Å²) in [6.07, 6.45) is 1.75. The minimum atomic E-state index is -0.261. The lowest BCUT2D eigenvalue weighted by Gasteiger charge is -2.22. The Hall–Kier alpha value is -3.61. The van der Waals surface area contributed by atoms with Crippen molar-refractivity contribution >= 4 is 17.8 Å². The van der Waals surface area contributed by atoms with Gasteiger partial charge in [0.05, 0.1) is 11.4 Å². The fourth-order valence-electron chi connectivity index (χ4n) is 3.45. The third-order valence-electron chi connectivity index (χ3n) is 5.44. The normalized spacial score (nSPS) is 11.2. The van der Waals surface area contributed by atoms with E-state index in [1.54, 1.807) is 9.58 Å². The molecule has 0 bridgehead atoms. The predicted molar refractivity (Wildman–Crippen MR) is 136 cm³/mol. The summed E-state index contributed by atoms with van der Waals surface area (Å²) >= 11 is 0. The molecule has 0 atom stereocenters. The van der Waals surface area contributed by atoms with E-state index in [2.05, 4.69) is 38.3 Å². The number of para-hydroxylation sites is 1. The molecular formula is C27H35N5O2. The summed E-state index contributed by atoms with van der Waals surface area (Å²) in [5.74, 6) is 0.324. The molecule has 0 saturated carbocycles. The van der Waals surface area contributed by atoms with Crippen molar-refractivity contribution in [3.8, 4) is 5.69 Å². The van der Waals surface area contributed by atoms with Gasteiger partial charge in [0.25, 0.3) is 0 Å². The number of carbonyl (C=O) groups excluding carboxylic acids is 2. The molecule has 0 saturated heterocycles. The molecule has 7 heteroatoms. The summed E-state index contributed by atoms with van der Waals surface area (Å²) < 4.78 is 1.74. The minimum Gasteiger partial charge on any atom is -0.334 e. The molecule has 0 radical (unpaired) electrons. The number of amides is 3. The molecule has 1 aromatic heterocycles. The van der Waals surface area contributed by atoms with Crippen molar-refractivity contribution in [3.63, 3.8) is 0 Å². The largest absolute Gasteiger partial charge is 0.334 e. The molecule has 3 amide bonds. The number of nitrogens with zero attached hydrogens (tertiary/aromatic N) is 3. The average Bonchev–Trinajstić information content (AvgIpc) is 3.25. The maximum atomic E-state index is 13.0. The van der Waals surface area contributed by atoms with Gasteiger partial charge in [-0.15, -0.1) is 0 Å².